The first kappa shape index (κ1) is 13.9. The molecule has 0 aliphatic rings. The van der Waals surface area contributed by atoms with Crippen LogP contribution in [0.15, 0.2) is 0 Å². The summed E-state index contributed by atoms with van der Waals surface area (Å²) in [6, 6.07) is -0.738. The van der Waals surface area contributed by atoms with E-state index in [9.17, 15) is 9.59 Å². The molecule has 1 rings (SSSR count). The van der Waals surface area contributed by atoms with Crippen LogP contribution in [0.25, 0.3) is 0 Å². The normalized spacial score (nSPS) is 12.0. The Balaban J connectivity index is 2.60. The van der Waals surface area contributed by atoms with Gasteiger partial charge in [0.05, 0.1) is 16.7 Å². The quantitative estimate of drug-likeness (QED) is 0.828. The minimum atomic E-state index is -0.548. The van der Waals surface area contributed by atoms with E-state index >= 15 is 0 Å². The number of nitrogens with zero attached hydrogens (tertiary/aromatic N) is 1. The molecule has 1 aromatic heterocycles. The summed E-state index contributed by atoms with van der Waals surface area (Å²) in [4.78, 5) is 27.6. The van der Waals surface area contributed by atoms with Crippen molar-refractivity contribution in [2.24, 2.45) is 0 Å². The Labute approximate surface area is 109 Å². The summed E-state index contributed by atoms with van der Waals surface area (Å²) < 4.78 is 0. The summed E-state index contributed by atoms with van der Waals surface area (Å²) in [6.07, 6.45) is 0. The lowest BCUT2D eigenvalue weighted by Crippen LogP contribution is -2.41. The Morgan fingerprint density at radius 1 is 1.47 bits per heavy atom. The summed E-state index contributed by atoms with van der Waals surface area (Å²) in [5.41, 5.74) is 0.893. The second-order valence-electron chi connectivity index (χ2n) is 3.56. The van der Waals surface area contributed by atoms with Crippen molar-refractivity contribution in [1.82, 2.24) is 15.6 Å². The molecule has 0 aromatic carbocycles. The standard InChI is InChI=1S/C10H14ClN3O2S/c1-5-9(17-7(3)12-5)6(2)13-10(16)14-8(15)4-11/h6H,4H2,1-3H3,(H2,13,14,15,16). The van der Waals surface area contributed by atoms with Crippen molar-refractivity contribution in [3.63, 3.8) is 0 Å². The first-order valence-corrected chi connectivity index (χ1v) is 6.39. The molecule has 0 saturated carbocycles. The predicted molar refractivity (Wildman–Crippen MR) is 67.4 cm³/mol. The number of thiazole rings is 1. The number of amides is 3. The van der Waals surface area contributed by atoms with Gasteiger partial charge in [-0.3, -0.25) is 10.1 Å². The van der Waals surface area contributed by atoms with Crippen molar-refractivity contribution in [2.45, 2.75) is 26.8 Å². The summed E-state index contributed by atoms with van der Waals surface area (Å²) in [7, 11) is 0. The highest BCUT2D eigenvalue weighted by molar-refractivity contribution is 7.11. The van der Waals surface area contributed by atoms with E-state index < -0.39 is 11.9 Å². The van der Waals surface area contributed by atoms with Crippen molar-refractivity contribution >= 4 is 34.9 Å². The molecular weight excluding hydrogens is 262 g/mol. The highest BCUT2D eigenvalue weighted by Crippen LogP contribution is 2.24. The van der Waals surface area contributed by atoms with Crippen LogP contribution >= 0.6 is 22.9 Å². The smallest absolute Gasteiger partial charge is 0.321 e. The van der Waals surface area contributed by atoms with Crippen molar-refractivity contribution in [3.8, 4) is 0 Å². The van der Waals surface area contributed by atoms with Gasteiger partial charge in [-0.1, -0.05) is 0 Å². The van der Waals surface area contributed by atoms with Gasteiger partial charge in [-0.25, -0.2) is 9.78 Å². The van der Waals surface area contributed by atoms with E-state index in [1.807, 2.05) is 20.8 Å². The van der Waals surface area contributed by atoms with Gasteiger partial charge in [0.25, 0.3) is 0 Å². The van der Waals surface area contributed by atoms with Crippen molar-refractivity contribution in [3.05, 3.63) is 15.6 Å². The third-order valence-corrected chi connectivity index (χ3v) is 3.55. The lowest BCUT2D eigenvalue weighted by atomic mass is 10.2. The van der Waals surface area contributed by atoms with E-state index in [0.717, 1.165) is 15.6 Å². The number of carbonyl (C=O) groups is 2. The Hall–Kier alpha value is -1.14. The fourth-order valence-electron chi connectivity index (χ4n) is 1.41. The number of imide groups is 1. The molecule has 0 aliphatic heterocycles. The largest absolute Gasteiger partial charge is 0.330 e. The molecule has 5 nitrogen and oxygen atoms in total. The number of aromatic nitrogens is 1. The lowest BCUT2D eigenvalue weighted by Gasteiger charge is -2.12. The first-order valence-electron chi connectivity index (χ1n) is 5.04. The monoisotopic (exact) mass is 275 g/mol. The van der Waals surface area contributed by atoms with Crippen LogP contribution < -0.4 is 10.6 Å². The first-order chi connectivity index (χ1) is 7.93. The molecule has 0 bridgehead atoms. The fraction of sp³-hybridized carbons (Fsp3) is 0.500. The molecule has 0 saturated heterocycles. The number of halogens is 1. The maximum absolute atomic E-state index is 11.4. The Morgan fingerprint density at radius 3 is 2.59 bits per heavy atom. The Morgan fingerprint density at radius 2 is 2.12 bits per heavy atom. The van der Waals surface area contributed by atoms with E-state index in [2.05, 4.69) is 15.6 Å². The molecule has 1 heterocycles. The number of carbonyl (C=O) groups excluding carboxylic acids is 2. The van der Waals surface area contributed by atoms with Gasteiger partial charge in [0.1, 0.15) is 5.88 Å². The number of rotatable bonds is 3. The van der Waals surface area contributed by atoms with Gasteiger partial charge >= 0.3 is 6.03 Å². The number of hydrogen-bond donors (Lipinski definition) is 2. The number of nitrogens with one attached hydrogen (secondary N) is 2. The van der Waals surface area contributed by atoms with Crippen molar-refractivity contribution in [1.29, 1.82) is 0 Å². The number of hydrogen-bond acceptors (Lipinski definition) is 4. The number of alkyl halides is 1. The predicted octanol–water partition coefficient (Wildman–Crippen LogP) is 1.89. The maximum Gasteiger partial charge on any atom is 0.321 e. The summed E-state index contributed by atoms with van der Waals surface area (Å²) >= 11 is 6.80. The molecule has 3 amide bonds. The highest BCUT2D eigenvalue weighted by Gasteiger charge is 2.16. The maximum atomic E-state index is 11.4. The van der Waals surface area contributed by atoms with E-state index in [1.54, 1.807) is 0 Å². The van der Waals surface area contributed by atoms with Crippen LogP contribution in [0.3, 0.4) is 0 Å². The molecule has 94 valence electrons. The molecule has 0 spiro atoms. The van der Waals surface area contributed by atoms with Crippen LogP contribution in [0, 0.1) is 13.8 Å². The highest BCUT2D eigenvalue weighted by atomic mass is 35.5. The van der Waals surface area contributed by atoms with E-state index in [1.165, 1.54) is 11.3 Å². The molecule has 0 radical (unpaired) electrons. The zero-order valence-corrected chi connectivity index (χ0v) is 11.4. The molecule has 0 aliphatic carbocycles. The SMILES string of the molecule is Cc1nc(C)c(C(C)NC(=O)NC(=O)CCl)s1. The minimum Gasteiger partial charge on any atom is -0.330 e. The van der Waals surface area contributed by atoms with Crippen LogP contribution in [0.5, 0.6) is 0 Å². The van der Waals surface area contributed by atoms with Gasteiger partial charge in [-0.15, -0.1) is 22.9 Å². The van der Waals surface area contributed by atoms with Gasteiger partial charge in [0.2, 0.25) is 5.91 Å². The molecule has 0 fully saturated rings. The third kappa shape index (κ3) is 3.98. The molecule has 1 aromatic rings. The van der Waals surface area contributed by atoms with Gasteiger partial charge in [0, 0.05) is 4.88 Å². The average molecular weight is 276 g/mol. The van der Waals surface area contributed by atoms with Gasteiger partial charge in [0.15, 0.2) is 0 Å². The second-order valence-corrected chi connectivity index (χ2v) is 5.06. The molecular formula is C10H14ClN3O2S. The lowest BCUT2D eigenvalue weighted by molar-refractivity contribution is -0.117. The number of urea groups is 1. The van der Waals surface area contributed by atoms with Crippen LogP contribution in [0.1, 0.15) is 28.5 Å². The summed E-state index contributed by atoms with van der Waals surface area (Å²) in [5, 5.41) is 5.72. The molecule has 2 N–H and O–H groups in total. The van der Waals surface area contributed by atoms with E-state index in [-0.39, 0.29) is 11.9 Å². The van der Waals surface area contributed by atoms with Gasteiger partial charge in [-0.2, -0.15) is 0 Å². The molecule has 1 unspecified atom stereocenters. The third-order valence-electron chi connectivity index (χ3n) is 2.05. The van der Waals surface area contributed by atoms with E-state index in [4.69, 9.17) is 11.6 Å². The topological polar surface area (TPSA) is 71.1 Å². The number of aryl methyl sites for hydroxylation is 2. The summed E-state index contributed by atoms with van der Waals surface area (Å²) in [5.74, 6) is -0.755. The fourth-order valence-corrected chi connectivity index (χ4v) is 2.40. The second kappa shape index (κ2) is 5.97. The van der Waals surface area contributed by atoms with Crippen LogP contribution in [-0.2, 0) is 4.79 Å². The van der Waals surface area contributed by atoms with Gasteiger partial charge < -0.3 is 5.32 Å². The molecule has 17 heavy (non-hydrogen) atoms. The van der Waals surface area contributed by atoms with Crippen LogP contribution in [0.4, 0.5) is 4.79 Å². The average Bonchev–Trinajstić information content (AvgIpc) is 2.57. The minimum absolute atomic E-state index is 0.190. The summed E-state index contributed by atoms with van der Waals surface area (Å²) in [6.45, 7) is 5.63. The van der Waals surface area contributed by atoms with Crippen molar-refractivity contribution < 1.29 is 9.59 Å². The molecule has 7 heteroatoms. The Bertz CT molecular complexity index is 433. The van der Waals surface area contributed by atoms with E-state index in [0.29, 0.717) is 0 Å². The molecule has 1 atom stereocenters. The van der Waals surface area contributed by atoms with Crippen molar-refractivity contribution in [2.75, 3.05) is 5.88 Å². The Kier molecular flexibility index (Phi) is 4.89. The van der Waals surface area contributed by atoms with Crippen LogP contribution in [-0.4, -0.2) is 22.8 Å². The van der Waals surface area contributed by atoms with Crippen LogP contribution in [0.2, 0.25) is 0 Å². The zero-order valence-electron chi connectivity index (χ0n) is 9.83. The van der Waals surface area contributed by atoms with Gasteiger partial charge in [-0.05, 0) is 20.8 Å². The zero-order chi connectivity index (χ0) is 13.0.